The summed E-state index contributed by atoms with van der Waals surface area (Å²) in [6, 6.07) is 17.5. The lowest BCUT2D eigenvalue weighted by Gasteiger charge is -2.18. The van der Waals surface area contributed by atoms with Gasteiger partial charge in [0.05, 0.1) is 0 Å². The van der Waals surface area contributed by atoms with E-state index in [1.807, 2.05) is 36.4 Å². The zero-order chi connectivity index (χ0) is 15.8. The fraction of sp³-hybridized carbons (Fsp3) is 0.176. The third kappa shape index (κ3) is 4.34. The van der Waals surface area contributed by atoms with Gasteiger partial charge in [-0.3, -0.25) is 10.1 Å². The third-order valence-corrected chi connectivity index (χ3v) is 2.91. The SMILES string of the molecule is CCNC(=O)NC(=O)[C@H](Oc1ccccc1)c1ccccc1. The maximum Gasteiger partial charge on any atom is 0.321 e. The Hall–Kier alpha value is -2.82. The van der Waals surface area contributed by atoms with Crippen LogP contribution in [0.5, 0.6) is 5.75 Å². The van der Waals surface area contributed by atoms with Gasteiger partial charge >= 0.3 is 6.03 Å². The van der Waals surface area contributed by atoms with E-state index in [1.54, 1.807) is 31.2 Å². The van der Waals surface area contributed by atoms with Crippen LogP contribution >= 0.6 is 0 Å². The molecule has 1 atom stereocenters. The molecule has 2 aromatic rings. The van der Waals surface area contributed by atoms with Crippen molar-refractivity contribution < 1.29 is 14.3 Å². The van der Waals surface area contributed by atoms with Crippen molar-refractivity contribution in [3.63, 3.8) is 0 Å². The number of benzene rings is 2. The van der Waals surface area contributed by atoms with Crippen molar-refractivity contribution in [3.05, 3.63) is 66.2 Å². The fourth-order valence-corrected chi connectivity index (χ4v) is 1.92. The van der Waals surface area contributed by atoms with E-state index in [4.69, 9.17) is 4.74 Å². The van der Waals surface area contributed by atoms with Crippen molar-refractivity contribution in [2.45, 2.75) is 13.0 Å². The second-order valence-corrected chi connectivity index (χ2v) is 4.57. The number of rotatable bonds is 5. The smallest absolute Gasteiger partial charge is 0.321 e. The summed E-state index contributed by atoms with van der Waals surface area (Å²) in [5.41, 5.74) is 0.674. The molecule has 0 radical (unpaired) electrons. The molecule has 2 aromatic carbocycles. The largest absolute Gasteiger partial charge is 0.476 e. The van der Waals surface area contributed by atoms with Gasteiger partial charge in [0.2, 0.25) is 6.10 Å². The van der Waals surface area contributed by atoms with E-state index in [1.165, 1.54) is 0 Å². The summed E-state index contributed by atoms with van der Waals surface area (Å²) in [6.07, 6.45) is -0.897. The van der Waals surface area contributed by atoms with Gasteiger partial charge in [-0.1, -0.05) is 48.5 Å². The molecule has 0 unspecified atom stereocenters. The van der Waals surface area contributed by atoms with Crippen molar-refractivity contribution in [1.82, 2.24) is 10.6 Å². The molecule has 0 fully saturated rings. The quantitative estimate of drug-likeness (QED) is 0.891. The number of para-hydroxylation sites is 1. The monoisotopic (exact) mass is 298 g/mol. The number of urea groups is 1. The van der Waals surface area contributed by atoms with E-state index >= 15 is 0 Å². The summed E-state index contributed by atoms with van der Waals surface area (Å²) >= 11 is 0. The molecule has 114 valence electrons. The minimum Gasteiger partial charge on any atom is -0.476 e. The van der Waals surface area contributed by atoms with E-state index in [-0.39, 0.29) is 0 Å². The molecule has 2 rings (SSSR count). The lowest BCUT2D eigenvalue weighted by Crippen LogP contribution is -2.42. The second-order valence-electron chi connectivity index (χ2n) is 4.57. The van der Waals surface area contributed by atoms with Gasteiger partial charge in [-0.15, -0.1) is 0 Å². The van der Waals surface area contributed by atoms with Crippen LogP contribution in [0.3, 0.4) is 0 Å². The Morgan fingerprint density at radius 3 is 2.18 bits per heavy atom. The molecule has 5 heteroatoms. The predicted molar refractivity (Wildman–Crippen MR) is 83.5 cm³/mol. The van der Waals surface area contributed by atoms with Gasteiger partial charge in [0.25, 0.3) is 5.91 Å². The first-order valence-electron chi connectivity index (χ1n) is 7.06. The first-order valence-corrected chi connectivity index (χ1v) is 7.06. The number of amides is 3. The average molecular weight is 298 g/mol. The highest BCUT2D eigenvalue weighted by atomic mass is 16.5. The summed E-state index contributed by atoms with van der Waals surface area (Å²) in [6.45, 7) is 2.22. The molecule has 0 aliphatic rings. The zero-order valence-electron chi connectivity index (χ0n) is 12.3. The molecular weight excluding hydrogens is 280 g/mol. The average Bonchev–Trinajstić information content (AvgIpc) is 2.54. The standard InChI is InChI=1S/C17H18N2O3/c1-2-18-17(21)19-16(20)15(13-9-5-3-6-10-13)22-14-11-7-4-8-12-14/h3-12,15H,2H2,1H3,(H2,18,19,20,21)/t15-/m1/s1. The van der Waals surface area contributed by atoms with Gasteiger partial charge in [-0.05, 0) is 19.1 Å². The van der Waals surface area contributed by atoms with Crippen LogP contribution in [-0.2, 0) is 4.79 Å². The Labute approximate surface area is 129 Å². The molecule has 22 heavy (non-hydrogen) atoms. The molecule has 0 aliphatic carbocycles. The lowest BCUT2D eigenvalue weighted by atomic mass is 10.1. The Morgan fingerprint density at radius 2 is 1.59 bits per heavy atom. The van der Waals surface area contributed by atoms with Gasteiger partial charge in [-0.25, -0.2) is 4.79 Å². The van der Waals surface area contributed by atoms with E-state index in [0.29, 0.717) is 17.9 Å². The molecular formula is C17H18N2O3. The highest BCUT2D eigenvalue weighted by Gasteiger charge is 2.24. The van der Waals surface area contributed by atoms with Crippen LogP contribution in [0.1, 0.15) is 18.6 Å². The molecule has 5 nitrogen and oxygen atoms in total. The van der Waals surface area contributed by atoms with Crippen LogP contribution < -0.4 is 15.4 Å². The number of nitrogens with one attached hydrogen (secondary N) is 2. The molecule has 0 heterocycles. The number of ether oxygens (including phenoxy) is 1. The minimum atomic E-state index is -0.897. The Bertz CT molecular complexity index is 614. The van der Waals surface area contributed by atoms with Crippen molar-refractivity contribution in [2.24, 2.45) is 0 Å². The van der Waals surface area contributed by atoms with Gasteiger partial charge in [0.1, 0.15) is 5.75 Å². The summed E-state index contributed by atoms with van der Waals surface area (Å²) in [7, 11) is 0. The van der Waals surface area contributed by atoms with E-state index in [9.17, 15) is 9.59 Å². The summed E-state index contributed by atoms with van der Waals surface area (Å²) in [4.78, 5) is 23.9. The number of hydrogen-bond acceptors (Lipinski definition) is 3. The van der Waals surface area contributed by atoms with Crippen LogP contribution in [0, 0.1) is 0 Å². The normalized spacial score (nSPS) is 11.3. The van der Waals surface area contributed by atoms with Gasteiger partial charge < -0.3 is 10.1 Å². The molecule has 3 amide bonds. The first-order chi connectivity index (χ1) is 10.7. The van der Waals surface area contributed by atoms with Gasteiger partial charge in [0.15, 0.2) is 0 Å². The molecule has 0 aliphatic heterocycles. The highest BCUT2D eigenvalue weighted by Crippen LogP contribution is 2.21. The van der Waals surface area contributed by atoms with E-state index in [2.05, 4.69) is 10.6 Å². The van der Waals surface area contributed by atoms with Crippen molar-refractivity contribution in [1.29, 1.82) is 0 Å². The second kappa shape index (κ2) is 7.83. The highest BCUT2D eigenvalue weighted by molar-refractivity contribution is 5.97. The molecule has 0 saturated carbocycles. The van der Waals surface area contributed by atoms with Crippen molar-refractivity contribution in [3.8, 4) is 5.75 Å². The van der Waals surface area contributed by atoms with Crippen LogP contribution in [0.15, 0.2) is 60.7 Å². The Kier molecular flexibility index (Phi) is 5.54. The summed E-state index contributed by atoms with van der Waals surface area (Å²) in [5.74, 6) is 0.0448. The lowest BCUT2D eigenvalue weighted by molar-refractivity contribution is -0.127. The Morgan fingerprint density at radius 1 is 1.00 bits per heavy atom. The van der Waals surface area contributed by atoms with Crippen LogP contribution in [0.4, 0.5) is 4.79 Å². The maximum absolute atomic E-state index is 12.3. The minimum absolute atomic E-state index is 0.439. The van der Waals surface area contributed by atoms with Crippen molar-refractivity contribution >= 4 is 11.9 Å². The summed E-state index contributed by atoms with van der Waals surface area (Å²) < 4.78 is 5.75. The number of carbonyl (C=O) groups excluding carboxylic acids is 2. The topological polar surface area (TPSA) is 67.4 Å². The van der Waals surface area contributed by atoms with Crippen LogP contribution in [-0.4, -0.2) is 18.5 Å². The van der Waals surface area contributed by atoms with Crippen LogP contribution in [0.25, 0.3) is 0 Å². The van der Waals surface area contributed by atoms with Gasteiger partial charge in [-0.2, -0.15) is 0 Å². The Balaban J connectivity index is 2.18. The molecule has 2 N–H and O–H groups in total. The number of carbonyl (C=O) groups is 2. The molecule has 0 spiro atoms. The summed E-state index contributed by atoms with van der Waals surface area (Å²) in [5, 5.41) is 4.81. The third-order valence-electron chi connectivity index (χ3n) is 2.91. The molecule has 0 aromatic heterocycles. The molecule has 0 bridgehead atoms. The number of hydrogen-bond donors (Lipinski definition) is 2. The maximum atomic E-state index is 12.3. The zero-order valence-corrected chi connectivity index (χ0v) is 12.3. The van der Waals surface area contributed by atoms with Crippen molar-refractivity contribution in [2.75, 3.05) is 6.54 Å². The fourth-order valence-electron chi connectivity index (χ4n) is 1.92. The first kappa shape index (κ1) is 15.6. The number of imide groups is 1. The van der Waals surface area contributed by atoms with Gasteiger partial charge in [0, 0.05) is 12.1 Å². The van der Waals surface area contributed by atoms with E-state index < -0.39 is 18.0 Å². The molecule has 0 saturated heterocycles. The van der Waals surface area contributed by atoms with Crippen LogP contribution in [0.2, 0.25) is 0 Å². The predicted octanol–water partition coefficient (Wildman–Crippen LogP) is 2.65. The van der Waals surface area contributed by atoms with E-state index in [0.717, 1.165) is 0 Å².